The number of hydrogen-bond acceptors (Lipinski definition) is 3. The van der Waals surface area contributed by atoms with Gasteiger partial charge < -0.3 is 5.11 Å². The van der Waals surface area contributed by atoms with E-state index in [-0.39, 0.29) is 17.1 Å². The van der Waals surface area contributed by atoms with E-state index >= 15 is 0 Å². The van der Waals surface area contributed by atoms with Crippen LogP contribution in [0.3, 0.4) is 0 Å². The normalized spacial score (nSPS) is 13.5. The highest BCUT2D eigenvalue weighted by atomic mass is 16.3. The summed E-state index contributed by atoms with van der Waals surface area (Å²) in [6.07, 6.45) is 1.34. The second-order valence-electron chi connectivity index (χ2n) is 1.94. The third-order valence-electron chi connectivity index (χ3n) is 1.03. The summed E-state index contributed by atoms with van der Waals surface area (Å²) in [5, 5.41) is 8.88. The Morgan fingerprint density at radius 2 is 2.00 bits per heavy atom. The zero-order valence-electron chi connectivity index (χ0n) is 6.38. The summed E-state index contributed by atoms with van der Waals surface area (Å²) in [5.41, 5.74) is 0.266. The van der Waals surface area contributed by atoms with Gasteiger partial charge in [0.2, 0.25) is 0 Å². The Bertz CT molecular complexity index is 188. The minimum Gasteiger partial charge on any atom is -0.512 e. The molecule has 0 aliphatic carbocycles. The van der Waals surface area contributed by atoms with Crippen LogP contribution in [0.4, 0.5) is 0 Å². The molecular weight excluding hydrogens is 130 g/mol. The molecule has 0 aliphatic heterocycles. The van der Waals surface area contributed by atoms with E-state index in [0.717, 1.165) is 0 Å². The largest absolute Gasteiger partial charge is 0.512 e. The maximum absolute atomic E-state index is 10.7. The van der Waals surface area contributed by atoms with E-state index in [1.165, 1.54) is 20.1 Å². The fourth-order valence-electron chi connectivity index (χ4n) is 0.568. The van der Waals surface area contributed by atoms with Crippen molar-refractivity contribution in [2.75, 3.05) is 7.05 Å². The van der Waals surface area contributed by atoms with Crippen LogP contribution in [0.5, 0.6) is 0 Å². The minimum atomic E-state index is -0.175. The number of ketones is 1. The van der Waals surface area contributed by atoms with Crippen molar-refractivity contribution in [3.8, 4) is 0 Å². The molecule has 0 heterocycles. The van der Waals surface area contributed by atoms with E-state index in [4.69, 9.17) is 5.11 Å². The first-order valence-electron chi connectivity index (χ1n) is 2.92. The highest BCUT2D eigenvalue weighted by Crippen LogP contribution is 1.98. The summed E-state index contributed by atoms with van der Waals surface area (Å²) < 4.78 is 0. The Labute approximate surface area is 60.1 Å². The van der Waals surface area contributed by atoms with E-state index in [9.17, 15) is 4.79 Å². The van der Waals surface area contributed by atoms with Crippen LogP contribution in [0.15, 0.2) is 16.3 Å². The summed E-state index contributed by atoms with van der Waals surface area (Å²) in [5.74, 6) is -0.163. The predicted molar refractivity (Wildman–Crippen MR) is 40.4 cm³/mol. The van der Waals surface area contributed by atoms with E-state index in [1.807, 2.05) is 0 Å². The monoisotopic (exact) mass is 141 g/mol. The number of allylic oxidation sites excluding steroid dienone is 2. The van der Waals surface area contributed by atoms with Gasteiger partial charge in [0.05, 0.1) is 5.57 Å². The van der Waals surface area contributed by atoms with Gasteiger partial charge in [0.25, 0.3) is 0 Å². The maximum atomic E-state index is 10.7. The van der Waals surface area contributed by atoms with E-state index in [1.54, 1.807) is 7.05 Å². The van der Waals surface area contributed by atoms with Crippen LogP contribution in [0, 0.1) is 0 Å². The van der Waals surface area contributed by atoms with Crippen molar-refractivity contribution in [2.24, 2.45) is 4.99 Å². The molecule has 1 N–H and O–H groups in total. The SMILES string of the molecule is CN=C/C(C(C)=O)=C(/C)O. The number of aliphatic imine (C=N–C) groups is 1. The van der Waals surface area contributed by atoms with Gasteiger partial charge in [0.1, 0.15) is 5.76 Å². The number of hydrogen-bond donors (Lipinski definition) is 1. The lowest BCUT2D eigenvalue weighted by molar-refractivity contribution is -0.113. The molecule has 0 amide bonds. The topological polar surface area (TPSA) is 49.7 Å². The molecule has 0 aliphatic rings. The molecule has 0 fully saturated rings. The lowest BCUT2D eigenvalue weighted by Crippen LogP contribution is -2.00. The molecule has 0 rings (SSSR count). The molecule has 0 aromatic heterocycles. The Kier molecular flexibility index (Phi) is 3.39. The van der Waals surface area contributed by atoms with Crippen molar-refractivity contribution < 1.29 is 9.90 Å². The summed E-state index contributed by atoms with van der Waals surface area (Å²) in [6.45, 7) is 2.84. The van der Waals surface area contributed by atoms with Gasteiger partial charge in [-0.05, 0) is 13.8 Å². The number of rotatable bonds is 2. The summed E-state index contributed by atoms with van der Waals surface area (Å²) in [6, 6.07) is 0. The van der Waals surface area contributed by atoms with Crippen molar-refractivity contribution in [2.45, 2.75) is 13.8 Å². The molecule has 56 valence electrons. The van der Waals surface area contributed by atoms with E-state index in [0.29, 0.717) is 0 Å². The first kappa shape index (κ1) is 8.88. The Hall–Kier alpha value is -1.12. The number of aliphatic hydroxyl groups is 1. The zero-order valence-corrected chi connectivity index (χ0v) is 6.38. The maximum Gasteiger partial charge on any atom is 0.164 e. The summed E-state index contributed by atoms with van der Waals surface area (Å²) in [7, 11) is 1.55. The van der Waals surface area contributed by atoms with Gasteiger partial charge in [-0.25, -0.2) is 0 Å². The van der Waals surface area contributed by atoms with Crippen molar-refractivity contribution >= 4 is 12.0 Å². The molecule has 0 spiro atoms. The molecule has 0 aromatic carbocycles. The lowest BCUT2D eigenvalue weighted by Gasteiger charge is -1.95. The number of nitrogens with zero attached hydrogens (tertiary/aromatic N) is 1. The fourth-order valence-corrected chi connectivity index (χ4v) is 0.568. The molecule has 0 unspecified atom stereocenters. The van der Waals surface area contributed by atoms with Gasteiger partial charge in [0, 0.05) is 13.3 Å². The van der Waals surface area contributed by atoms with Crippen molar-refractivity contribution in [1.29, 1.82) is 0 Å². The Balaban J connectivity index is 4.61. The Morgan fingerprint density at radius 1 is 1.50 bits per heavy atom. The van der Waals surface area contributed by atoms with Crippen molar-refractivity contribution in [3.63, 3.8) is 0 Å². The van der Waals surface area contributed by atoms with Crippen LogP contribution in [-0.4, -0.2) is 24.2 Å². The summed E-state index contributed by atoms with van der Waals surface area (Å²) in [4.78, 5) is 14.3. The predicted octanol–water partition coefficient (Wildman–Crippen LogP) is 1.11. The van der Waals surface area contributed by atoms with Gasteiger partial charge in [0.15, 0.2) is 5.78 Å². The first-order valence-corrected chi connectivity index (χ1v) is 2.92. The van der Waals surface area contributed by atoms with Gasteiger partial charge in [-0.2, -0.15) is 0 Å². The second-order valence-corrected chi connectivity index (χ2v) is 1.94. The molecule has 0 atom stereocenters. The molecule has 0 bridgehead atoms. The van der Waals surface area contributed by atoms with Crippen LogP contribution >= 0.6 is 0 Å². The molecule has 0 saturated heterocycles. The average molecular weight is 141 g/mol. The summed E-state index contributed by atoms with van der Waals surface area (Å²) >= 11 is 0. The number of aliphatic hydroxyl groups excluding tert-OH is 1. The molecule has 10 heavy (non-hydrogen) atoms. The number of carbonyl (C=O) groups excluding carboxylic acids is 1. The third kappa shape index (κ3) is 2.44. The van der Waals surface area contributed by atoms with Crippen LogP contribution in [0.2, 0.25) is 0 Å². The molecular formula is C7H11NO2. The smallest absolute Gasteiger partial charge is 0.164 e. The molecule has 3 heteroatoms. The first-order chi connectivity index (χ1) is 4.59. The Morgan fingerprint density at radius 3 is 2.10 bits per heavy atom. The zero-order chi connectivity index (χ0) is 8.15. The quantitative estimate of drug-likeness (QED) is 0.355. The fraction of sp³-hybridized carbons (Fsp3) is 0.429. The van der Waals surface area contributed by atoms with E-state index in [2.05, 4.69) is 4.99 Å². The average Bonchev–Trinajstić information content (AvgIpc) is 1.81. The second kappa shape index (κ2) is 3.82. The highest BCUT2D eigenvalue weighted by molar-refractivity contribution is 6.12. The number of Topliss-reactive ketones (excluding diaryl/α,β-unsaturated/α-hetero) is 1. The van der Waals surface area contributed by atoms with E-state index < -0.39 is 0 Å². The van der Waals surface area contributed by atoms with Gasteiger partial charge in [-0.15, -0.1) is 0 Å². The van der Waals surface area contributed by atoms with Gasteiger partial charge >= 0.3 is 0 Å². The van der Waals surface area contributed by atoms with Crippen LogP contribution in [-0.2, 0) is 4.79 Å². The lowest BCUT2D eigenvalue weighted by atomic mass is 10.2. The van der Waals surface area contributed by atoms with Crippen LogP contribution < -0.4 is 0 Å². The van der Waals surface area contributed by atoms with Crippen LogP contribution in [0.25, 0.3) is 0 Å². The molecule has 0 aromatic rings. The van der Waals surface area contributed by atoms with Gasteiger partial charge in [-0.1, -0.05) is 0 Å². The number of carbonyl (C=O) groups is 1. The van der Waals surface area contributed by atoms with Gasteiger partial charge in [-0.3, -0.25) is 9.79 Å². The standard InChI is InChI=1S/C7H11NO2/c1-5(9)7(4-8-3)6(2)10/h4,9H,1-3H3/b7-5+,8-4?. The van der Waals surface area contributed by atoms with Crippen molar-refractivity contribution in [3.05, 3.63) is 11.3 Å². The molecule has 3 nitrogen and oxygen atoms in total. The van der Waals surface area contributed by atoms with Crippen molar-refractivity contribution in [1.82, 2.24) is 0 Å². The minimum absolute atomic E-state index is 0.0121. The molecule has 0 radical (unpaired) electrons. The van der Waals surface area contributed by atoms with Crippen LogP contribution in [0.1, 0.15) is 13.8 Å². The molecule has 0 saturated carbocycles. The third-order valence-corrected chi connectivity index (χ3v) is 1.03. The highest BCUT2D eigenvalue weighted by Gasteiger charge is 2.02.